The van der Waals surface area contributed by atoms with E-state index in [1.807, 2.05) is 17.0 Å². The molecule has 3 rings (SSSR count). The summed E-state index contributed by atoms with van der Waals surface area (Å²) in [5.41, 5.74) is 5.52. The van der Waals surface area contributed by atoms with Gasteiger partial charge in [-0.15, -0.1) is 0 Å². The average molecular weight is 380 g/mol. The lowest BCUT2D eigenvalue weighted by molar-refractivity contribution is -0.133. The minimum Gasteiger partial charge on any atom is -0.384 e. The smallest absolute Gasteiger partial charge is 0.225 e. The number of anilines is 1. The predicted molar refractivity (Wildman–Crippen MR) is 110 cm³/mol. The summed E-state index contributed by atoms with van der Waals surface area (Å²) in [4.78, 5) is 26.4. The molecule has 2 aromatic carbocycles. The Morgan fingerprint density at radius 3 is 2.61 bits per heavy atom. The molecule has 148 valence electrons. The maximum atomic E-state index is 12.3. The zero-order chi connectivity index (χ0) is 19.9. The molecule has 0 radical (unpaired) electrons. The summed E-state index contributed by atoms with van der Waals surface area (Å²) in [6, 6.07) is 14.3. The van der Waals surface area contributed by atoms with E-state index in [4.69, 9.17) is 4.74 Å². The third-order valence-corrected chi connectivity index (χ3v) is 5.14. The van der Waals surface area contributed by atoms with E-state index in [9.17, 15) is 9.59 Å². The highest BCUT2D eigenvalue weighted by Crippen LogP contribution is 2.23. The molecule has 0 saturated carbocycles. The van der Waals surface area contributed by atoms with Gasteiger partial charge in [-0.2, -0.15) is 0 Å². The zero-order valence-electron chi connectivity index (χ0n) is 16.7. The number of benzene rings is 2. The second-order valence-electron chi connectivity index (χ2n) is 7.33. The van der Waals surface area contributed by atoms with Crippen LogP contribution in [0.2, 0.25) is 0 Å². The summed E-state index contributed by atoms with van der Waals surface area (Å²) in [5.74, 6) is 0.115. The number of nitrogens with zero attached hydrogens (tertiary/aromatic N) is 1. The van der Waals surface area contributed by atoms with Gasteiger partial charge < -0.3 is 15.0 Å². The summed E-state index contributed by atoms with van der Waals surface area (Å²) in [6.07, 6.45) is 2.41. The maximum Gasteiger partial charge on any atom is 0.225 e. The fraction of sp³-hybridized carbons (Fsp3) is 0.391. The van der Waals surface area contributed by atoms with E-state index < -0.39 is 0 Å². The van der Waals surface area contributed by atoms with Gasteiger partial charge in [0.15, 0.2) is 0 Å². The van der Waals surface area contributed by atoms with Crippen LogP contribution in [0.25, 0.3) is 0 Å². The van der Waals surface area contributed by atoms with Gasteiger partial charge in [0.25, 0.3) is 0 Å². The van der Waals surface area contributed by atoms with Gasteiger partial charge >= 0.3 is 0 Å². The minimum atomic E-state index is 0.00404. The monoisotopic (exact) mass is 380 g/mol. The number of amides is 2. The number of aryl methyl sites for hydroxylation is 2. The molecule has 1 aliphatic rings. The normalized spacial score (nSPS) is 13.1. The third-order valence-electron chi connectivity index (χ3n) is 5.14. The van der Waals surface area contributed by atoms with Crippen molar-refractivity contribution < 1.29 is 14.3 Å². The van der Waals surface area contributed by atoms with Crippen LogP contribution in [0.15, 0.2) is 42.5 Å². The number of nitrogens with one attached hydrogen (secondary N) is 1. The van der Waals surface area contributed by atoms with Crippen molar-refractivity contribution in [2.45, 2.75) is 39.2 Å². The number of ether oxygens (including phenoxy) is 1. The van der Waals surface area contributed by atoms with E-state index in [0.29, 0.717) is 26.0 Å². The Labute approximate surface area is 166 Å². The first kappa shape index (κ1) is 20.1. The van der Waals surface area contributed by atoms with Crippen LogP contribution in [0.1, 0.15) is 35.1 Å². The number of carbonyl (C=O) groups is 2. The van der Waals surface area contributed by atoms with Crippen LogP contribution in [0.3, 0.4) is 0 Å². The topological polar surface area (TPSA) is 58.6 Å². The van der Waals surface area contributed by atoms with Crippen LogP contribution in [0, 0.1) is 6.92 Å². The minimum absolute atomic E-state index is 0.00404. The predicted octanol–water partition coefficient (Wildman–Crippen LogP) is 3.49. The fourth-order valence-electron chi connectivity index (χ4n) is 3.43. The highest BCUT2D eigenvalue weighted by molar-refractivity contribution is 5.91. The summed E-state index contributed by atoms with van der Waals surface area (Å²) in [7, 11) is 1.60. The summed E-state index contributed by atoms with van der Waals surface area (Å²) >= 11 is 0. The molecule has 0 spiro atoms. The average Bonchev–Trinajstić information content (AvgIpc) is 2.71. The highest BCUT2D eigenvalue weighted by Gasteiger charge is 2.20. The molecule has 1 N–H and O–H groups in total. The summed E-state index contributed by atoms with van der Waals surface area (Å²) in [6.45, 7) is 3.82. The number of hydrogen-bond donors (Lipinski definition) is 1. The van der Waals surface area contributed by atoms with Gasteiger partial charge in [0.2, 0.25) is 11.8 Å². The van der Waals surface area contributed by atoms with Crippen molar-refractivity contribution in [2.24, 2.45) is 0 Å². The fourth-order valence-corrected chi connectivity index (χ4v) is 3.43. The number of rotatable bonds is 7. The zero-order valence-corrected chi connectivity index (χ0v) is 16.7. The van der Waals surface area contributed by atoms with E-state index in [-0.39, 0.29) is 11.8 Å². The Morgan fingerprint density at radius 2 is 1.86 bits per heavy atom. The van der Waals surface area contributed by atoms with E-state index >= 15 is 0 Å². The van der Waals surface area contributed by atoms with Crippen LogP contribution in [0.4, 0.5) is 5.69 Å². The molecule has 0 saturated heterocycles. The molecule has 2 aromatic rings. The standard InChI is InChI=1S/C23H28N2O3/c1-17-3-5-18(6-4-17)7-10-22(26)24-21-9-8-19-11-13-25(16-20(19)15-21)23(27)12-14-28-2/h3-6,8-9,15H,7,10-14,16H2,1-2H3,(H,24,26). The molecule has 1 aliphatic heterocycles. The molecule has 2 amide bonds. The first-order chi connectivity index (χ1) is 13.5. The van der Waals surface area contributed by atoms with Crippen LogP contribution >= 0.6 is 0 Å². The summed E-state index contributed by atoms with van der Waals surface area (Å²) in [5, 5.41) is 2.99. The van der Waals surface area contributed by atoms with E-state index in [1.165, 1.54) is 11.1 Å². The van der Waals surface area contributed by atoms with Gasteiger partial charge in [-0.3, -0.25) is 9.59 Å². The van der Waals surface area contributed by atoms with Gasteiger partial charge in [-0.1, -0.05) is 35.9 Å². The Balaban J connectivity index is 1.56. The molecule has 0 bridgehead atoms. The highest BCUT2D eigenvalue weighted by atomic mass is 16.5. The molecule has 0 atom stereocenters. The number of fused-ring (bicyclic) bond motifs is 1. The lowest BCUT2D eigenvalue weighted by Gasteiger charge is -2.29. The van der Waals surface area contributed by atoms with Crippen molar-refractivity contribution >= 4 is 17.5 Å². The molecular weight excluding hydrogens is 352 g/mol. The first-order valence-electron chi connectivity index (χ1n) is 9.79. The van der Waals surface area contributed by atoms with Gasteiger partial charge in [-0.05, 0) is 48.6 Å². The van der Waals surface area contributed by atoms with Crippen molar-refractivity contribution in [2.75, 3.05) is 25.6 Å². The SMILES string of the molecule is COCCC(=O)N1CCc2ccc(NC(=O)CCc3ccc(C)cc3)cc2C1. The van der Waals surface area contributed by atoms with Gasteiger partial charge in [0.05, 0.1) is 13.0 Å². The van der Waals surface area contributed by atoms with Crippen LogP contribution < -0.4 is 5.32 Å². The number of carbonyl (C=O) groups excluding carboxylic acids is 2. The molecule has 28 heavy (non-hydrogen) atoms. The van der Waals surface area contributed by atoms with Crippen molar-refractivity contribution in [3.63, 3.8) is 0 Å². The van der Waals surface area contributed by atoms with Crippen LogP contribution in [-0.2, 0) is 33.7 Å². The Hall–Kier alpha value is -2.66. The molecule has 5 heteroatoms. The van der Waals surface area contributed by atoms with Crippen molar-refractivity contribution in [3.8, 4) is 0 Å². The molecule has 0 fully saturated rings. The third kappa shape index (κ3) is 5.42. The Morgan fingerprint density at radius 1 is 1.07 bits per heavy atom. The van der Waals surface area contributed by atoms with E-state index in [0.717, 1.165) is 36.2 Å². The second kappa shape index (κ2) is 9.51. The van der Waals surface area contributed by atoms with Crippen LogP contribution in [0.5, 0.6) is 0 Å². The van der Waals surface area contributed by atoms with Crippen molar-refractivity contribution in [3.05, 3.63) is 64.7 Å². The number of hydrogen-bond acceptors (Lipinski definition) is 3. The molecule has 0 unspecified atom stereocenters. The van der Waals surface area contributed by atoms with Gasteiger partial charge in [0, 0.05) is 32.3 Å². The Bertz CT molecular complexity index is 830. The quantitative estimate of drug-likeness (QED) is 0.800. The van der Waals surface area contributed by atoms with Crippen molar-refractivity contribution in [1.29, 1.82) is 0 Å². The van der Waals surface area contributed by atoms with Crippen LogP contribution in [-0.4, -0.2) is 37.0 Å². The van der Waals surface area contributed by atoms with Gasteiger partial charge in [-0.25, -0.2) is 0 Å². The molecule has 1 heterocycles. The second-order valence-corrected chi connectivity index (χ2v) is 7.33. The molecule has 5 nitrogen and oxygen atoms in total. The van der Waals surface area contributed by atoms with E-state index in [2.05, 4.69) is 42.6 Å². The lowest BCUT2D eigenvalue weighted by Crippen LogP contribution is -2.36. The molecule has 0 aliphatic carbocycles. The lowest BCUT2D eigenvalue weighted by atomic mass is 9.98. The van der Waals surface area contributed by atoms with Gasteiger partial charge in [0.1, 0.15) is 0 Å². The number of methoxy groups -OCH3 is 1. The Kier molecular flexibility index (Phi) is 6.82. The summed E-state index contributed by atoms with van der Waals surface area (Å²) < 4.78 is 5.00. The molecular formula is C23H28N2O3. The largest absolute Gasteiger partial charge is 0.384 e. The molecule has 0 aromatic heterocycles. The first-order valence-corrected chi connectivity index (χ1v) is 9.79. The van der Waals surface area contributed by atoms with Crippen molar-refractivity contribution in [1.82, 2.24) is 4.90 Å². The van der Waals surface area contributed by atoms with E-state index in [1.54, 1.807) is 7.11 Å². The maximum absolute atomic E-state index is 12.3.